The molecule has 7 aromatic carbocycles. The highest BCUT2D eigenvalue weighted by Gasteiger charge is 2.30. The van der Waals surface area contributed by atoms with Crippen LogP contribution < -0.4 is 34.3 Å². The fraction of sp³-hybridized carbons (Fsp3) is 0.238. The molecule has 0 bridgehead atoms. The van der Waals surface area contributed by atoms with Gasteiger partial charge in [0.05, 0.1) is 36.9 Å². The third-order valence-electron chi connectivity index (χ3n) is 13.3. The molecule has 1 heterocycles. The van der Waals surface area contributed by atoms with Crippen LogP contribution in [0.4, 0.5) is 0 Å². The summed E-state index contributed by atoms with van der Waals surface area (Å²) in [6, 6.07) is 49.4. The molecule has 2 N–H and O–H groups in total. The summed E-state index contributed by atoms with van der Waals surface area (Å²) in [6.07, 6.45) is 5.86. The highest BCUT2D eigenvalue weighted by molar-refractivity contribution is 6.32. The number of halogens is 1. The number of ether oxygens (including phenoxy) is 5. The lowest BCUT2D eigenvalue weighted by Crippen LogP contribution is -2.49. The van der Waals surface area contributed by atoms with Crippen LogP contribution in [0, 0.1) is 18.3 Å². The number of carbonyl (C=O) groups is 3. The molecule has 0 radical (unpaired) electrons. The first-order chi connectivity index (χ1) is 37.1. The van der Waals surface area contributed by atoms with Gasteiger partial charge in [0.15, 0.2) is 17.3 Å². The quantitative estimate of drug-likeness (QED) is 0.0468. The molecule has 2 amide bonds. The Kier molecular flexibility index (Phi) is 19.0. The van der Waals surface area contributed by atoms with Crippen molar-refractivity contribution in [2.24, 2.45) is 0 Å². The van der Waals surface area contributed by atoms with E-state index in [-0.39, 0.29) is 37.2 Å². The molecule has 13 heteroatoms. The molecule has 388 valence electrons. The number of nitrogens with one attached hydrogen (secondary N) is 2. The van der Waals surface area contributed by atoms with Crippen molar-refractivity contribution in [1.29, 1.82) is 5.26 Å². The Hall–Kier alpha value is -8.37. The molecule has 12 nitrogen and oxygen atoms in total. The summed E-state index contributed by atoms with van der Waals surface area (Å²) in [4.78, 5) is 41.6. The molecular weight excluding hydrogens is 976 g/mol. The minimum absolute atomic E-state index is 0.123. The summed E-state index contributed by atoms with van der Waals surface area (Å²) < 4.78 is 29.7. The Morgan fingerprint density at radius 3 is 2.22 bits per heavy atom. The average Bonchev–Trinajstić information content (AvgIpc) is 3.46. The number of nitriles is 1. The average molecular weight is 1040 g/mol. The fourth-order valence-electron chi connectivity index (χ4n) is 9.01. The molecule has 1 aliphatic rings. The monoisotopic (exact) mass is 1040 g/mol. The molecule has 8 rings (SSSR count). The maximum Gasteiger partial charge on any atom is 0.237 e. The van der Waals surface area contributed by atoms with E-state index in [1.165, 1.54) is 6.08 Å². The van der Waals surface area contributed by atoms with Gasteiger partial charge in [-0.05, 0) is 131 Å². The first-order valence-corrected chi connectivity index (χ1v) is 25.7. The van der Waals surface area contributed by atoms with Crippen molar-refractivity contribution in [3.05, 3.63) is 213 Å². The van der Waals surface area contributed by atoms with E-state index in [4.69, 9.17) is 35.3 Å². The number of piperidine rings is 1. The number of benzene rings is 7. The van der Waals surface area contributed by atoms with E-state index in [0.717, 1.165) is 62.9 Å². The first-order valence-electron chi connectivity index (χ1n) is 25.3. The van der Waals surface area contributed by atoms with Gasteiger partial charge in [0, 0.05) is 43.2 Å². The highest BCUT2D eigenvalue weighted by atomic mass is 35.5. The minimum atomic E-state index is -0.417. The molecule has 1 aliphatic heterocycles. The van der Waals surface area contributed by atoms with Crippen molar-refractivity contribution in [3.8, 4) is 45.9 Å². The van der Waals surface area contributed by atoms with Gasteiger partial charge in [0.1, 0.15) is 37.1 Å². The zero-order chi connectivity index (χ0) is 53.2. The van der Waals surface area contributed by atoms with E-state index < -0.39 is 6.04 Å². The summed E-state index contributed by atoms with van der Waals surface area (Å²) in [5, 5.41) is 15.9. The van der Waals surface area contributed by atoms with Crippen LogP contribution >= 0.6 is 11.6 Å². The Morgan fingerprint density at radius 2 is 1.45 bits per heavy atom. The third kappa shape index (κ3) is 14.7. The van der Waals surface area contributed by atoms with Gasteiger partial charge in [-0.2, -0.15) is 5.26 Å². The van der Waals surface area contributed by atoms with Crippen LogP contribution in [0.3, 0.4) is 0 Å². The van der Waals surface area contributed by atoms with Crippen molar-refractivity contribution in [2.45, 2.75) is 71.6 Å². The number of carbonyl (C=O) groups excluding carboxylic acids is 3. The lowest BCUT2D eigenvalue weighted by Gasteiger charge is -2.35. The number of likely N-dealkylation sites (tertiary alicyclic amines) is 1. The maximum atomic E-state index is 13.8. The van der Waals surface area contributed by atoms with Crippen LogP contribution in [-0.2, 0) is 42.5 Å². The summed E-state index contributed by atoms with van der Waals surface area (Å²) in [7, 11) is 3.15. The van der Waals surface area contributed by atoms with Gasteiger partial charge in [-0.1, -0.05) is 115 Å². The molecule has 1 atom stereocenters. The SMILES string of the molecule is COc1ccc(C(=O)/C=C/c2ccc(OCc3ccc(CNC(=O)CCNC(=O)C4CCCCN4Cc4cc(Cl)c(OCc5cccc(-c6ccccc6)c5C)cc4OCc4cccc(C#N)c4)cc3)c(OC)c2)cc1. The molecule has 1 fully saturated rings. The predicted octanol–water partition coefficient (Wildman–Crippen LogP) is 12.0. The smallest absolute Gasteiger partial charge is 0.237 e. The van der Waals surface area contributed by atoms with Crippen molar-refractivity contribution >= 4 is 35.3 Å². The molecule has 1 unspecified atom stereocenters. The summed E-state index contributed by atoms with van der Waals surface area (Å²) in [6.45, 7) is 4.49. The van der Waals surface area contributed by atoms with E-state index in [9.17, 15) is 19.6 Å². The van der Waals surface area contributed by atoms with Crippen LogP contribution in [0.2, 0.25) is 5.02 Å². The molecular formula is C63H61ClN4O8. The van der Waals surface area contributed by atoms with Gasteiger partial charge < -0.3 is 34.3 Å². The zero-order valence-corrected chi connectivity index (χ0v) is 43.7. The van der Waals surface area contributed by atoms with Gasteiger partial charge in [-0.3, -0.25) is 19.3 Å². The molecule has 7 aromatic rings. The van der Waals surface area contributed by atoms with Gasteiger partial charge >= 0.3 is 0 Å². The van der Waals surface area contributed by atoms with Crippen molar-refractivity contribution in [3.63, 3.8) is 0 Å². The normalized spacial score (nSPS) is 13.3. The first kappa shape index (κ1) is 53.9. The Bertz CT molecular complexity index is 3190. The van der Waals surface area contributed by atoms with Crippen molar-refractivity contribution < 1.29 is 38.1 Å². The van der Waals surface area contributed by atoms with Gasteiger partial charge in [0.2, 0.25) is 11.8 Å². The summed E-state index contributed by atoms with van der Waals surface area (Å²) in [5.74, 6) is 2.37. The minimum Gasteiger partial charge on any atom is -0.497 e. The number of ketones is 1. The number of nitrogens with zero attached hydrogens (tertiary/aromatic N) is 2. The lowest BCUT2D eigenvalue weighted by atomic mass is 9.97. The molecule has 0 aliphatic carbocycles. The molecule has 0 saturated carbocycles. The van der Waals surface area contributed by atoms with Crippen LogP contribution in [0.1, 0.15) is 80.5 Å². The number of hydrogen-bond acceptors (Lipinski definition) is 10. The Balaban J connectivity index is 0.824. The Labute approximate surface area is 449 Å². The van der Waals surface area contributed by atoms with Gasteiger partial charge in [-0.25, -0.2) is 0 Å². The highest BCUT2D eigenvalue weighted by Crippen LogP contribution is 2.37. The van der Waals surface area contributed by atoms with E-state index in [1.807, 2.05) is 91.0 Å². The van der Waals surface area contributed by atoms with Crippen LogP contribution in [-0.4, -0.2) is 55.8 Å². The molecule has 76 heavy (non-hydrogen) atoms. The number of allylic oxidation sites excluding steroid dienone is 1. The maximum absolute atomic E-state index is 13.8. The third-order valence-corrected chi connectivity index (χ3v) is 13.6. The summed E-state index contributed by atoms with van der Waals surface area (Å²) >= 11 is 6.98. The number of amides is 2. The molecule has 0 spiro atoms. The van der Waals surface area contributed by atoms with Crippen molar-refractivity contribution in [1.82, 2.24) is 15.5 Å². The van der Waals surface area contributed by atoms with E-state index in [2.05, 4.69) is 52.8 Å². The molecule has 0 aromatic heterocycles. The fourth-order valence-corrected chi connectivity index (χ4v) is 9.25. The van der Waals surface area contributed by atoms with Crippen LogP contribution in [0.15, 0.2) is 158 Å². The van der Waals surface area contributed by atoms with Crippen LogP contribution in [0.25, 0.3) is 17.2 Å². The standard InChI is InChI=1S/C63H61ClN4O8/c1-43-51(15-10-16-54(43)49-13-5-4-6-14-49)42-76-60-36-59(75-41-48-12-9-11-47(33-48)37-65)52(35-55(60)64)39-68-32-8-7-17-56(68)63(71)66-31-30-62(70)67-38-45-18-20-46(21-19-45)40-74-58-29-23-44(34-61(58)73-3)22-28-57(69)50-24-26-53(72-2)27-25-50/h4-6,9-16,18-29,33-36,56H,7-8,17,30-32,38-42H2,1-3H3,(H,66,71)(H,67,70)/b28-22+. The number of methoxy groups -OCH3 is 2. The Morgan fingerprint density at radius 1 is 0.697 bits per heavy atom. The lowest BCUT2D eigenvalue weighted by molar-refractivity contribution is -0.128. The van der Waals surface area contributed by atoms with Crippen molar-refractivity contribution in [2.75, 3.05) is 27.3 Å². The largest absolute Gasteiger partial charge is 0.497 e. The number of hydrogen-bond donors (Lipinski definition) is 2. The summed E-state index contributed by atoms with van der Waals surface area (Å²) in [5.41, 5.74) is 9.77. The van der Waals surface area contributed by atoms with Gasteiger partial charge in [-0.15, -0.1) is 0 Å². The number of rotatable bonds is 23. The van der Waals surface area contributed by atoms with E-state index in [0.29, 0.717) is 84.2 Å². The second kappa shape index (κ2) is 26.7. The second-order valence-electron chi connectivity index (χ2n) is 18.5. The van der Waals surface area contributed by atoms with E-state index in [1.54, 1.807) is 56.7 Å². The zero-order valence-electron chi connectivity index (χ0n) is 43.0. The van der Waals surface area contributed by atoms with Crippen LogP contribution in [0.5, 0.6) is 28.7 Å². The second-order valence-corrected chi connectivity index (χ2v) is 18.9. The van der Waals surface area contributed by atoms with E-state index >= 15 is 0 Å². The molecule has 1 saturated heterocycles. The predicted molar refractivity (Wildman–Crippen MR) is 296 cm³/mol. The van der Waals surface area contributed by atoms with Gasteiger partial charge in [0.25, 0.3) is 0 Å². The topological polar surface area (TPSA) is 148 Å².